The van der Waals surface area contributed by atoms with Gasteiger partial charge in [-0.2, -0.15) is 13.2 Å². The molecule has 1 aromatic carbocycles. The van der Waals surface area contributed by atoms with Crippen LogP contribution in [0.5, 0.6) is 0 Å². The van der Waals surface area contributed by atoms with Crippen molar-refractivity contribution in [2.45, 2.75) is 18.6 Å². The number of aromatic nitrogens is 1. The average molecular weight is 370 g/mol. The Kier molecular flexibility index (Phi) is 7.20. The van der Waals surface area contributed by atoms with Gasteiger partial charge in [0.2, 0.25) is 0 Å². The summed E-state index contributed by atoms with van der Waals surface area (Å²) in [6.45, 7) is 2.74. The first-order valence-electron chi connectivity index (χ1n) is 7.12. The van der Waals surface area contributed by atoms with E-state index >= 15 is 0 Å². The highest BCUT2D eigenvalue weighted by Crippen LogP contribution is 2.37. The summed E-state index contributed by atoms with van der Waals surface area (Å²) >= 11 is 0. The van der Waals surface area contributed by atoms with Crippen molar-refractivity contribution < 1.29 is 13.2 Å². The van der Waals surface area contributed by atoms with E-state index in [4.69, 9.17) is 0 Å². The minimum Gasteiger partial charge on any atom is -0.361 e. The number of hydrogen-bond donors (Lipinski definition) is 2. The highest BCUT2D eigenvalue weighted by Gasteiger charge is 2.36. The van der Waals surface area contributed by atoms with Gasteiger partial charge < -0.3 is 10.3 Å². The molecule has 0 unspecified atom stereocenters. The number of hydrogen-bond acceptors (Lipinski definition) is 2. The fourth-order valence-corrected chi connectivity index (χ4v) is 3.02. The van der Waals surface area contributed by atoms with Crippen LogP contribution in [0, 0.1) is 0 Å². The van der Waals surface area contributed by atoms with Crippen LogP contribution in [-0.2, 0) is 0 Å². The van der Waals surface area contributed by atoms with Crippen LogP contribution in [0.2, 0.25) is 0 Å². The van der Waals surface area contributed by atoms with Crippen molar-refractivity contribution in [1.82, 2.24) is 15.2 Å². The number of fused-ring (bicyclic) bond motifs is 1. The molecule has 0 radical (unpaired) electrons. The topological polar surface area (TPSA) is 31.1 Å². The summed E-state index contributed by atoms with van der Waals surface area (Å²) in [4.78, 5) is 5.01. The third-order valence-corrected chi connectivity index (χ3v) is 4.00. The third kappa shape index (κ3) is 4.76. The number of nitrogens with zero attached hydrogens (tertiary/aromatic N) is 1. The molecule has 3 nitrogen and oxygen atoms in total. The fraction of sp³-hybridized carbons (Fsp3) is 0.467. The van der Waals surface area contributed by atoms with Gasteiger partial charge in [-0.05, 0) is 11.6 Å². The molecule has 23 heavy (non-hydrogen) atoms. The Balaban J connectivity index is 0.00000132. The van der Waals surface area contributed by atoms with E-state index in [-0.39, 0.29) is 24.8 Å². The molecule has 0 spiro atoms. The standard InChI is InChI=1S/C15H18F3N3.2ClH/c16-15(17,18)9-14(21-7-5-19-6-8-21)12-10-20-13-4-2-1-3-11(12)13;;/h1-4,10,14,19-20H,5-9H2;2*1H/t14-;;/m0../s1. The summed E-state index contributed by atoms with van der Waals surface area (Å²) in [5.74, 6) is 0. The Morgan fingerprint density at radius 2 is 1.74 bits per heavy atom. The minimum atomic E-state index is -4.17. The molecule has 1 atom stereocenters. The van der Waals surface area contributed by atoms with E-state index in [1.165, 1.54) is 0 Å². The predicted octanol–water partition coefficient (Wildman–Crippen LogP) is 3.91. The Bertz CT molecular complexity index is 609. The Morgan fingerprint density at radius 1 is 1.09 bits per heavy atom. The van der Waals surface area contributed by atoms with Gasteiger partial charge in [0.15, 0.2) is 0 Å². The Hall–Kier alpha value is -0.950. The van der Waals surface area contributed by atoms with Crippen molar-refractivity contribution in [3.8, 4) is 0 Å². The molecule has 1 aliphatic heterocycles. The zero-order valence-corrected chi connectivity index (χ0v) is 14.0. The van der Waals surface area contributed by atoms with E-state index in [2.05, 4.69) is 10.3 Å². The van der Waals surface area contributed by atoms with Gasteiger partial charge in [0.25, 0.3) is 0 Å². The first-order chi connectivity index (χ1) is 10.0. The molecule has 2 heterocycles. The Morgan fingerprint density at radius 3 is 2.39 bits per heavy atom. The number of para-hydroxylation sites is 1. The molecule has 2 aromatic rings. The SMILES string of the molecule is Cl.Cl.FC(F)(F)C[C@@H](c1c[nH]c2ccccc12)N1CCNCC1. The summed E-state index contributed by atoms with van der Waals surface area (Å²) in [6, 6.07) is 6.89. The van der Waals surface area contributed by atoms with Crippen LogP contribution in [0.1, 0.15) is 18.0 Å². The lowest BCUT2D eigenvalue weighted by Gasteiger charge is -2.35. The number of nitrogens with one attached hydrogen (secondary N) is 2. The highest BCUT2D eigenvalue weighted by atomic mass is 35.5. The molecule has 1 aromatic heterocycles. The van der Waals surface area contributed by atoms with E-state index in [0.717, 1.165) is 29.6 Å². The van der Waals surface area contributed by atoms with Crippen molar-refractivity contribution in [1.29, 1.82) is 0 Å². The fourth-order valence-electron chi connectivity index (χ4n) is 3.02. The van der Waals surface area contributed by atoms with Crippen molar-refractivity contribution in [2.75, 3.05) is 26.2 Å². The molecule has 0 amide bonds. The van der Waals surface area contributed by atoms with Gasteiger partial charge in [-0.15, -0.1) is 24.8 Å². The molecule has 0 bridgehead atoms. The summed E-state index contributed by atoms with van der Waals surface area (Å²) < 4.78 is 39.0. The quantitative estimate of drug-likeness (QED) is 0.859. The van der Waals surface area contributed by atoms with Gasteiger partial charge in [-0.3, -0.25) is 4.90 Å². The van der Waals surface area contributed by atoms with Gasteiger partial charge in [0.05, 0.1) is 6.42 Å². The van der Waals surface area contributed by atoms with Gasteiger partial charge in [-0.1, -0.05) is 18.2 Å². The maximum absolute atomic E-state index is 13.0. The van der Waals surface area contributed by atoms with E-state index in [1.807, 2.05) is 29.2 Å². The second-order valence-corrected chi connectivity index (χ2v) is 5.41. The van der Waals surface area contributed by atoms with Crippen LogP contribution >= 0.6 is 24.8 Å². The number of piperazine rings is 1. The van der Waals surface area contributed by atoms with Crippen LogP contribution in [-0.4, -0.2) is 42.2 Å². The van der Waals surface area contributed by atoms with Crippen molar-refractivity contribution in [3.63, 3.8) is 0 Å². The van der Waals surface area contributed by atoms with Gasteiger partial charge in [0.1, 0.15) is 0 Å². The maximum atomic E-state index is 13.0. The smallest absolute Gasteiger partial charge is 0.361 e. The van der Waals surface area contributed by atoms with E-state index in [9.17, 15) is 13.2 Å². The summed E-state index contributed by atoms with van der Waals surface area (Å²) in [6.07, 6.45) is -3.26. The molecule has 130 valence electrons. The first kappa shape index (κ1) is 20.1. The third-order valence-electron chi connectivity index (χ3n) is 4.00. The number of rotatable bonds is 3. The zero-order valence-electron chi connectivity index (χ0n) is 12.4. The zero-order chi connectivity index (χ0) is 14.9. The van der Waals surface area contributed by atoms with Crippen LogP contribution in [0.4, 0.5) is 13.2 Å². The van der Waals surface area contributed by atoms with Crippen LogP contribution in [0.15, 0.2) is 30.5 Å². The first-order valence-corrected chi connectivity index (χ1v) is 7.12. The second-order valence-electron chi connectivity index (χ2n) is 5.41. The number of benzene rings is 1. The van der Waals surface area contributed by atoms with Crippen molar-refractivity contribution in [2.24, 2.45) is 0 Å². The lowest BCUT2D eigenvalue weighted by Crippen LogP contribution is -2.46. The number of alkyl halides is 3. The van der Waals surface area contributed by atoms with Crippen molar-refractivity contribution >= 4 is 35.7 Å². The average Bonchev–Trinajstić information content (AvgIpc) is 2.89. The Labute approximate surface area is 145 Å². The van der Waals surface area contributed by atoms with Gasteiger partial charge in [0, 0.05) is 49.3 Å². The van der Waals surface area contributed by atoms with E-state index < -0.39 is 18.6 Å². The molecule has 1 saturated heterocycles. The molecule has 2 N–H and O–H groups in total. The molecule has 1 aliphatic rings. The molecule has 3 rings (SSSR count). The van der Waals surface area contributed by atoms with Crippen LogP contribution < -0.4 is 5.32 Å². The molecular formula is C15H20Cl2F3N3. The maximum Gasteiger partial charge on any atom is 0.390 e. The summed E-state index contributed by atoms with van der Waals surface area (Å²) in [7, 11) is 0. The number of H-pyrrole nitrogens is 1. The van der Waals surface area contributed by atoms with Crippen LogP contribution in [0.25, 0.3) is 10.9 Å². The minimum absolute atomic E-state index is 0. The van der Waals surface area contributed by atoms with E-state index in [1.54, 1.807) is 6.20 Å². The predicted molar refractivity (Wildman–Crippen MR) is 90.7 cm³/mol. The van der Waals surface area contributed by atoms with Crippen molar-refractivity contribution in [3.05, 3.63) is 36.0 Å². The lowest BCUT2D eigenvalue weighted by atomic mass is 10.00. The monoisotopic (exact) mass is 369 g/mol. The largest absolute Gasteiger partial charge is 0.390 e. The molecule has 0 saturated carbocycles. The highest BCUT2D eigenvalue weighted by molar-refractivity contribution is 5.85. The van der Waals surface area contributed by atoms with Gasteiger partial charge in [-0.25, -0.2) is 0 Å². The summed E-state index contributed by atoms with van der Waals surface area (Å²) in [5.41, 5.74) is 1.62. The van der Waals surface area contributed by atoms with Gasteiger partial charge >= 0.3 is 6.18 Å². The second kappa shape index (κ2) is 8.24. The number of aromatic amines is 1. The summed E-state index contributed by atoms with van der Waals surface area (Å²) in [5, 5.41) is 4.06. The molecular weight excluding hydrogens is 350 g/mol. The normalized spacial score (nSPS) is 17.3. The molecule has 8 heteroatoms. The molecule has 1 fully saturated rings. The molecule has 0 aliphatic carbocycles. The number of halogens is 5. The van der Waals surface area contributed by atoms with E-state index in [0.29, 0.717) is 13.1 Å². The van der Waals surface area contributed by atoms with Crippen LogP contribution in [0.3, 0.4) is 0 Å². The lowest BCUT2D eigenvalue weighted by molar-refractivity contribution is -0.148.